The van der Waals surface area contributed by atoms with Crippen LogP contribution in [0.4, 0.5) is 18.9 Å². The van der Waals surface area contributed by atoms with Gasteiger partial charge in [-0.3, -0.25) is 14.8 Å². The van der Waals surface area contributed by atoms with Crippen LogP contribution in [0.1, 0.15) is 49.7 Å². The van der Waals surface area contributed by atoms with E-state index < -0.39 is 34.8 Å². The third-order valence-corrected chi connectivity index (χ3v) is 6.25. The summed E-state index contributed by atoms with van der Waals surface area (Å²) >= 11 is 0. The molecule has 0 bridgehead atoms. The molecule has 1 aromatic carbocycles. The summed E-state index contributed by atoms with van der Waals surface area (Å²) in [5.74, 6) is -2.24. The lowest BCUT2D eigenvalue weighted by atomic mass is 9.81. The first-order valence-corrected chi connectivity index (χ1v) is 10.7. The number of nitrogens with one attached hydrogen (secondary N) is 1. The molecule has 1 amide bonds. The van der Waals surface area contributed by atoms with Gasteiger partial charge < -0.3 is 11.1 Å². The van der Waals surface area contributed by atoms with Crippen LogP contribution < -0.4 is 11.1 Å². The number of dihydropyridines is 1. The summed E-state index contributed by atoms with van der Waals surface area (Å²) in [7, 11) is 0. The number of allylic oxidation sites excluding steroid dienone is 1. The van der Waals surface area contributed by atoms with E-state index in [0.717, 1.165) is 49.5 Å². The summed E-state index contributed by atoms with van der Waals surface area (Å²) in [5.41, 5.74) is 5.05. The van der Waals surface area contributed by atoms with Gasteiger partial charge in [-0.05, 0) is 68.0 Å². The Morgan fingerprint density at radius 1 is 1.22 bits per heavy atom. The number of nitrogens with zero attached hydrogens (tertiary/aromatic N) is 2. The summed E-state index contributed by atoms with van der Waals surface area (Å²) in [5, 5.41) is 2.75. The van der Waals surface area contributed by atoms with E-state index in [4.69, 9.17) is 5.73 Å². The number of rotatable bonds is 4. The molecule has 1 aliphatic heterocycles. The van der Waals surface area contributed by atoms with Gasteiger partial charge in [-0.2, -0.15) is 0 Å². The highest BCUT2D eigenvalue weighted by atomic mass is 19.1. The summed E-state index contributed by atoms with van der Waals surface area (Å²) in [4.78, 5) is 21.5. The van der Waals surface area contributed by atoms with E-state index >= 15 is 0 Å². The third-order valence-electron chi connectivity index (χ3n) is 6.25. The molecule has 0 saturated heterocycles. The molecule has 0 spiro atoms. The second-order valence-electron chi connectivity index (χ2n) is 8.54. The molecule has 4 rings (SSSR count). The Morgan fingerprint density at radius 3 is 2.69 bits per heavy atom. The maximum absolute atomic E-state index is 14.9. The van der Waals surface area contributed by atoms with Crippen LogP contribution >= 0.6 is 0 Å². The molecule has 8 heteroatoms. The Kier molecular flexibility index (Phi) is 6.15. The molecule has 2 aliphatic rings. The fourth-order valence-corrected chi connectivity index (χ4v) is 4.39. The maximum Gasteiger partial charge on any atom is 0.255 e. The molecular weight excluding hydrogens is 417 g/mol. The summed E-state index contributed by atoms with van der Waals surface area (Å²) < 4.78 is 43.4. The molecule has 168 valence electrons. The van der Waals surface area contributed by atoms with Crippen LogP contribution in [0.5, 0.6) is 0 Å². The molecule has 1 fully saturated rings. The van der Waals surface area contributed by atoms with Gasteiger partial charge in [-0.15, -0.1) is 0 Å². The van der Waals surface area contributed by atoms with Crippen molar-refractivity contribution in [3.63, 3.8) is 0 Å². The number of anilines is 1. The lowest BCUT2D eigenvalue weighted by Gasteiger charge is -2.31. The Labute approximate surface area is 184 Å². The number of hydrogen-bond donors (Lipinski definition) is 2. The SMILES string of the molecule is CC1(C(=O)Nc2cnccc2[C@@H]2CCC[C@H](N)C2)N=C(c2c(F)cccc2F)C=CC1F. The van der Waals surface area contributed by atoms with E-state index in [1.165, 1.54) is 25.3 Å². The second kappa shape index (κ2) is 8.86. The quantitative estimate of drug-likeness (QED) is 0.735. The first-order valence-electron chi connectivity index (χ1n) is 10.7. The van der Waals surface area contributed by atoms with Crippen LogP contribution in [0.25, 0.3) is 0 Å². The second-order valence-corrected chi connectivity index (χ2v) is 8.54. The zero-order valence-corrected chi connectivity index (χ0v) is 17.7. The van der Waals surface area contributed by atoms with Crippen molar-refractivity contribution in [2.45, 2.75) is 56.3 Å². The zero-order chi connectivity index (χ0) is 22.9. The van der Waals surface area contributed by atoms with Gasteiger partial charge in [0.05, 0.1) is 23.2 Å². The van der Waals surface area contributed by atoms with Crippen molar-refractivity contribution in [1.29, 1.82) is 0 Å². The summed E-state index contributed by atoms with van der Waals surface area (Å²) in [6.07, 6.45) is 7.34. The maximum atomic E-state index is 14.9. The molecule has 2 unspecified atom stereocenters. The first-order chi connectivity index (χ1) is 15.3. The molecule has 1 aliphatic carbocycles. The monoisotopic (exact) mass is 442 g/mol. The van der Waals surface area contributed by atoms with Crippen molar-refractivity contribution in [3.05, 3.63) is 71.6 Å². The van der Waals surface area contributed by atoms with Crippen molar-refractivity contribution in [2.75, 3.05) is 5.32 Å². The van der Waals surface area contributed by atoms with Crippen LogP contribution in [0.3, 0.4) is 0 Å². The number of benzene rings is 1. The minimum atomic E-state index is -1.91. The molecule has 0 radical (unpaired) electrons. The van der Waals surface area contributed by atoms with E-state index in [1.54, 1.807) is 6.20 Å². The van der Waals surface area contributed by atoms with Gasteiger partial charge in [-0.25, -0.2) is 13.2 Å². The average Bonchev–Trinajstić information content (AvgIpc) is 2.76. The Morgan fingerprint density at radius 2 is 1.97 bits per heavy atom. The number of aromatic nitrogens is 1. The predicted molar refractivity (Wildman–Crippen MR) is 117 cm³/mol. The first kappa shape index (κ1) is 22.2. The lowest BCUT2D eigenvalue weighted by Crippen LogP contribution is -2.48. The van der Waals surface area contributed by atoms with E-state index in [9.17, 15) is 18.0 Å². The van der Waals surface area contributed by atoms with E-state index in [0.29, 0.717) is 5.69 Å². The molecule has 5 nitrogen and oxygen atoms in total. The number of pyridine rings is 1. The van der Waals surface area contributed by atoms with E-state index in [2.05, 4.69) is 15.3 Å². The number of amides is 1. The molecule has 2 heterocycles. The minimum Gasteiger partial charge on any atom is -0.328 e. The number of carbonyl (C=O) groups excluding carboxylic acids is 1. The van der Waals surface area contributed by atoms with Gasteiger partial charge in [0.15, 0.2) is 11.7 Å². The van der Waals surface area contributed by atoms with Crippen molar-refractivity contribution in [2.24, 2.45) is 10.7 Å². The molecule has 1 saturated carbocycles. The van der Waals surface area contributed by atoms with Crippen molar-refractivity contribution in [3.8, 4) is 0 Å². The third kappa shape index (κ3) is 4.19. The molecule has 2 aromatic rings. The van der Waals surface area contributed by atoms with E-state index in [-0.39, 0.29) is 17.7 Å². The van der Waals surface area contributed by atoms with Gasteiger partial charge in [0.2, 0.25) is 0 Å². The number of carbonyl (C=O) groups is 1. The van der Waals surface area contributed by atoms with Crippen LogP contribution in [0.2, 0.25) is 0 Å². The number of hydrogen-bond acceptors (Lipinski definition) is 4. The minimum absolute atomic E-state index is 0.0875. The van der Waals surface area contributed by atoms with Gasteiger partial charge in [0.25, 0.3) is 5.91 Å². The van der Waals surface area contributed by atoms with Gasteiger partial charge in [0, 0.05) is 12.2 Å². The number of aliphatic imine (C=N–C) groups is 1. The number of nitrogens with two attached hydrogens (primary N) is 1. The Bertz CT molecular complexity index is 1070. The van der Waals surface area contributed by atoms with Crippen molar-refractivity contribution >= 4 is 17.3 Å². The van der Waals surface area contributed by atoms with Gasteiger partial charge in [0.1, 0.15) is 11.6 Å². The highest BCUT2D eigenvalue weighted by Gasteiger charge is 2.43. The van der Waals surface area contributed by atoms with Gasteiger partial charge >= 0.3 is 0 Å². The topological polar surface area (TPSA) is 80.4 Å². The highest BCUT2D eigenvalue weighted by molar-refractivity contribution is 6.12. The normalized spacial score (nSPS) is 27.7. The molecule has 1 aromatic heterocycles. The van der Waals surface area contributed by atoms with E-state index in [1.807, 2.05) is 6.07 Å². The highest BCUT2D eigenvalue weighted by Crippen LogP contribution is 2.36. The fraction of sp³-hybridized carbons (Fsp3) is 0.375. The summed E-state index contributed by atoms with van der Waals surface area (Å²) in [6, 6.07) is 5.32. The summed E-state index contributed by atoms with van der Waals surface area (Å²) in [6.45, 7) is 1.31. The zero-order valence-electron chi connectivity index (χ0n) is 17.7. The lowest BCUT2D eigenvalue weighted by molar-refractivity contribution is -0.122. The molecule has 3 N–H and O–H groups in total. The molecular formula is C24H25F3N4O. The molecule has 32 heavy (non-hydrogen) atoms. The number of alkyl halides is 1. The number of halogens is 3. The average molecular weight is 442 g/mol. The van der Waals surface area contributed by atoms with Gasteiger partial charge in [-0.1, -0.05) is 12.5 Å². The van der Waals surface area contributed by atoms with Crippen LogP contribution in [-0.2, 0) is 4.79 Å². The van der Waals surface area contributed by atoms with Crippen molar-refractivity contribution < 1.29 is 18.0 Å². The Balaban J connectivity index is 1.65. The standard InChI is InChI=1S/C24H25F3N4O/c1-24(21(27)9-8-19(31-24)22-17(25)6-3-7-18(22)26)23(32)30-20-13-29-11-10-16(20)14-4-2-5-15(28)12-14/h3,6-11,13-15,21H,2,4-5,12,28H2,1H3,(H,30,32)/t14-,15+,21?,24?/m1/s1. The van der Waals surface area contributed by atoms with Crippen LogP contribution in [0, 0.1) is 11.6 Å². The fourth-order valence-electron chi connectivity index (χ4n) is 4.39. The smallest absolute Gasteiger partial charge is 0.255 e. The predicted octanol–water partition coefficient (Wildman–Crippen LogP) is 4.44. The Hall–Kier alpha value is -3.00. The van der Waals surface area contributed by atoms with Crippen LogP contribution in [0.15, 0.2) is 53.8 Å². The molecule has 4 atom stereocenters. The van der Waals surface area contributed by atoms with Crippen LogP contribution in [-0.4, -0.2) is 34.4 Å². The largest absolute Gasteiger partial charge is 0.328 e. The van der Waals surface area contributed by atoms with Crippen molar-refractivity contribution in [1.82, 2.24) is 4.98 Å².